The maximum absolute atomic E-state index is 12.2. The van der Waals surface area contributed by atoms with Gasteiger partial charge in [0.2, 0.25) is 5.88 Å². The molecule has 0 fully saturated rings. The van der Waals surface area contributed by atoms with Crippen molar-refractivity contribution in [1.82, 2.24) is 4.98 Å². The third-order valence-corrected chi connectivity index (χ3v) is 3.23. The fourth-order valence-electron chi connectivity index (χ4n) is 2.08. The molecule has 1 heterocycles. The second kappa shape index (κ2) is 6.75. The second-order valence-corrected chi connectivity index (χ2v) is 4.93. The summed E-state index contributed by atoms with van der Waals surface area (Å²) < 4.78 is 11.3. The third kappa shape index (κ3) is 3.55. The van der Waals surface area contributed by atoms with Crippen LogP contribution in [0.25, 0.3) is 0 Å². The molecule has 3 aromatic rings. The molecule has 114 valence electrons. The lowest BCUT2D eigenvalue weighted by atomic mass is 10.2. The molecule has 0 aliphatic heterocycles. The van der Waals surface area contributed by atoms with Crippen molar-refractivity contribution >= 4 is 5.97 Å². The molecule has 0 radical (unpaired) electrons. The van der Waals surface area contributed by atoms with Crippen LogP contribution in [0.5, 0.6) is 17.4 Å². The zero-order valence-corrected chi connectivity index (χ0v) is 12.6. The summed E-state index contributed by atoms with van der Waals surface area (Å²) >= 11 is 0. The van der Waals surface area contributed by atoms with E-state index in [4.69, 9.17) is 9.47 Å². The predicted octanol–water partition coefficient (Wildman–Crippen LogP) is 4.40. The van der Waals surface area contributed by atoms with Gasteiger partial charge in [0.05, 0.1) is 5.56 Å². The van der Waals surface area contributed by atoms with Gasteiger partial charge in [-0.15, -0.1) is 0 Å². The number of benzene rings is 2. The van der Waals surface area contributed by atoms with E-state index in [0.717, 1.165) is 5.56 Å². The van der Waals surface area contributed by atoms with Crippen LogP contribution in [-0.4, -0.2) is 11.0 Å². The molecule has 0 bridgehead atoms. The first kappa shape index (κ1) is 14.8. The molecule has 0 spiro atoms. The summed E-state index contributed by atoms with van der Waals surface area (Å²) in [5.41, 5.74) is 1.34. The van der Waals surface area contributed by atoms with Gasteiger partial charge in [-0.3, -0.25) is 0 Å². The lowest BCUT2D eigenvalue weighted by Crippen LogP contribution is -2.09. The monoisotopic (exact) mass is 305 g/mol. The lowest BCUT2D eigenvalue weighted by molar-refractivity contribution is 0.0730. The van der Waals surface area contributed by atoms with Crippen molar-refractivity contribution in [3.8, 4) is 17.4 Å². The van der Waals surface area contributed by atoms with Gasteiger partial charge >= 0.3 is 5.97 Å². The highest BCUT2D eigenvalue weighted by molar-refractivity contribution is 5.91. The first-order valence-corrected chi connectivity index (χ1v) is 7.20. The van der Waals surface area contributed by atoms with Gasteiger partial charge < -0.3 is 9.47 Å². The first-order chi connectivity index (χ1) is 11.2. The molecule has 0 atom stereocenters. The second-order valence-electron chi connectivity index (χ2n) is 4.93. The fraction of sp³-hybridized carbons (Fsp3) is 0.0526. The Hall–Kier alpha value is -3.14. The highest BCUT2D eigenvalue weighted by Gasteiger charge is 2.15. The Kier molecular flexibility index (Phi) is 4.34. The smallest absolute Gasteiger partial charge is 0.343 e. The van der Waals surface area contributed by atoms with Gasteiger partial charge in [0, 0.05) is 12.3 Å². The number of esters is 1. The zero-order chi connectivity index (χ0) is 16.1. The Morgan fingerprint density at radius 3 is 2.43 bits per heavy atom. The molecule has 0 N–H and O–H groups in total. The average molecular weight is 305 g/mol. The van der Waals surface area contributed by atoms with Crippen LogP contribution in [0.4, 0.5) is 0 Å². The fourth-order valence-corrected chi connectivity index (χ4v) is 2.08. The van der Waals surface area contributed by atoms with Gasteiger partial charge in [0.1, 0.15) is 0 Å². The normalized spacial score (nSPS) is 10.1. The van der Waals surface area contributed by atoms with Gasteiger partial charge in [-0.05, 0) is 36.8 Å². The Bertz CT molecular complexity index is 801. The van der Waals surface area contributed by atoms with E-state index in [1.54, 1.807) is 48.7 Å². The number of hydrogen-bond donors (Lipinski definition) is 0. The summed E-state index contributed by atoms with van der Waals surface area (Å²) in [7, 11) is 0. The largest absolute Gasteiger partial charge is 0.435 e. The molecular weight excluding hydrogens is 290 g/mol. The van der Waals surface area contributed by atoms with Gasteiger partial charge in [-0.1, -0.05) is 36.4 Å². The Balaban J connectivity index is 1.88. The van der Waals surface area contributed by atoms with Crippen LogP contribution in [0, 0.1) is 6.92 Å². The SMILES string of the molecule is Cc1cccc(OC(=O)c2ccccc2)c1Oc1ccccn1. The molecule has 4 heteroatoms. The molecule has 0 aliphatic rings. The Morgan fingerprint density at radius 2 is 1.70 bits per heavy atom. The number of aromatic nitrogens is 1. The molecule has 0 saturated heterocycles. The summed E-state index contributed by atoms with van der Waals surface area (Å²) in [4.78, 5) is 16.4. The van der Waals surface area contributed by atoms with Crippen LogP contribution in [-0.2, 0) is 0 Å². The molecule has 0 unspecified atom stereocenters. The summed E-state index contributed by atoms with van der Waals surface area (Å²) in [5, 5.41) is 0. The number of aryl methyl sites for hydroxylation is 1. The molecule has 2 aromatic carbocycles. The van der Waals surface area contributed by atoms with E-state index in [1.807, 2.05) is 31.2 Å². The van der Waals surface area contributed by atoms with E-state index in [9.17, 15) is 4.79 Å². The Morgan fingerprint density at radius 1 is 0.913 bits per heavy atom. The molecule has 23 heavy (non-hydrogen) atoms. The van der Waals surface area contributed by atoms with Crippen molar-refractivity contribution in [2.24, 2.45) is 0 Å². The topological polar surface area (TPSA) is 48.4 Å². The van der Waals surface area contributed by atoms with E-state index >= 15 is 0 Å². The quantitative estimate of drug-likeness (QED) is 0.529. The van der Waals surface area contributed by atoms with Crippen molar-refractivity contribution < 1.29 is 14.3 Å². The van der Waals surface area contributed by atoms with Crippen molar-refractivity contribution in [2.75, 3.05) is 0 Å². The minimum absolute atomic E-state index is 0.365. The lowest BCUT2D eigenvalue weighted by Gasteiger charge is -2.13. The first-order valence-electron chi connectivity index (χ1n) is 7.20. The number of hydrogen-bond acceptors (Lipinski definition) is 4. The van der Waals surface area contributed by atoms with Crippen LogP contribution in [0.2, 0.25) is 0 Å². The van der Waals surface area contributed by atoms with Gasteiger partial charge in [-0.25, -0.2) is 9.78 Å². The van der Waals surface area contributed by atoms with Gasteiger partial charge in [0.25, 0.3) is 0 Å². The summed E-state index contributed by atoms with van der Waals surface area (Å²) in [6.45, 7) is 1.89. The van der Waals surface area contributed by atoms with Crippen LogP contribution >= 0.6 is 0 Å². The minimum Gasteiger partial charge on any atom is -0.435 e. The summed E-state index contributed by atoms with van der Waals surface area (Å²) in [5.74, 6) is 0.862. The van der Waals surface area contributed by atoms with Crippen LogP contribution in [0.15, 0.2) is 72.9 Å². The third-order valence-electron chi connectivity index (χ3n) is 3.23. The van der Waals surface area contributed by atoms with Gasteiger partial charge in [0.15, 0.2) is 11.5 Å². The number of carbonyl (C=O) groups excluding carboxylic acids is 1. The molecular formula is C19H15NO3. The zero-order valence-electron chi connectivity index (χ0n) is 12.6. The van der Waals surface area contributed by atoms with E-state index in [-0.39, 0.29) is 0 Å². The number of nitrogens with zero attached hydrogens (tertiary/aromatic N) is 1. The highest BCUT2D eigenvalue weighted by Crippen LogP contribution is 2.34. The highest BCUT2D eigenvalue weighted by atomic mass is 16.6. The summed E-state index contributed by atoms with van der Waals surface area (Å²) in [6, 6.07) is 19.6. The predicted molar refractivity (Wildman–Crippen MR) is 86.9 cm³/mol. The standard InChI is InChI=1S/C19H15NO3/c1-14-8-7-11-16(18(14)23-17-12-5-6-13-20-17)22-19(21)15-9-3-2-4-10-15/h2-13H,1H3. The van der Waals surface area contributed by atoms with Crippen molar-refractivity contribution in [2.45, 2.75) is 6.92 Å². The Labute approximate surface area is 134 Å². The average Bonchev–Trinajstić information content (AvgIpc) is 2.59. The molecule has 0 aliphatic carbocycles. The number of ether oxygens (including phenoxy) is 2. The van der Waals surface area contributed by atoms with E-state index in [0.29, 0.717) is 22.9 Å². The molecule has 0 amide bonds. The van der Waals surface area contributed by atoms with Gasteiger partial charge in [-0.2, -0.15) is 0 Å². The number of rotatable bonds is 4. The van der Waals surface area contributed by atoms with Crippen molar-refractivity contribution in [3.05, 3.63) is 84.1 Å². The van der Waals surface area contributed by atoms with Crippen molar-refractivity contribution in [3.63, 3.8) is 0 Å². The summed E-state index contributed by atoms with van der Waals surface area (Å²) in [6.07, 6.45) is 1.64. The molecule has 4 nitrogen and oxygen atoms in total. The number of carbonyl (C=O) groups is 1. The molecule has 0 saturated carbocycles. The van der Waals surface area contributed by atoms with Crippen LogP contribution < -0.4 is 9.47 Å². The maximum atomic E-state index is 12.2. The number of para-hydroxylation sites is 1. The van der Waals surface area contributed by atoms with Crippen LogP contribution in [0.1, 0.15) is 15.9 Å². The molecule has 3 rings (SSSR count). The number of pyridine rings is 1. The van der Waals surface area contributed by atoms with Crippen molar-refractivity contribution in [1.29, 1.82) is 0 Å². The van der Waals surface area contributed by atoms with E-state index in [2.05, 4.69) is 4.98 Å². The molecule has 1 aromatic heterocycles. The van der Waals surface area contributed by atoms with Crippen LogP contribution in [0.3, 0.4) is 0 Å². The van der Waals surface area contributed by atoms with E-state index in [1.165, 1.54) is 0 Å². The maximum Gasteiger partial charge on any atom is 0.343 e. The van der Waals surface area contributed by atoms with E-state index < -0.39 is 5.97 Å². The minimum atomic E-state index is -0.429.